The smallest absolute Gasteiger partial charge is 0.131 e. The molecule has 3 rings (SSSR count). The fourth-order valence-corrected chi connectivity index (χ4v) is 2.66. The summed E-state index contributed by atoms with van der Waals surface area (Å²) in [7, 11) is 0. The van der Waals surface area contributed by atoms with Gasteiger partial charge in [0.25, 0.3) is 0 Å². The first kappa shape index (κ1) is 11.4. The minimum atomic E-state index is -0.184. The van der Waals surface area contributed by atoms with Gasteiger partial charge in [0.1, 0.15) is 5.82 Å². The summed E-state index contributed by atoms with van der Waals surface area (Å²) in [6, 6.07) is 11.5. The number of fused-ring (bicyclic) bond motifs is 1. The van der Waals surface area contributed by atoms with E-state index in [1.165, 1.54) is 23.6 Å². The lowest BCUT2D eigenvalue weighted by Crippen LogP contribution is -1.97. The predicted octanol–water partition coefficient (Wildman–Crippen LogP) is 3.44. The summed E-state index contributed by atoms with van der Waals surface area (Å²) in [5, 5.41) is 0. The zero-order chi connectivity index (χ0) is 12.5. The molecule has 0 aliphatic heterocycles. The summed E-state index contributed by atoms with van der Waals surface area (Å²) in [5.74, 6) is -0.184. The maximum absolute atomic E-state index is 14.0. The Kier molecular flexibility index (Phi) is 2.88. The van der Waals surface area contributed by atoms with Crippen molar-refractivity contribution in [3.05, 3.63) is 58.9 Å². The summed E-state index contributed by atoms with van der Waals surface area (Å²) < 4.78 is 14.0. The molecule has 2 aromatic rings. The number of benzene rings is 2. The number of nitrogens with two attached hydrogens (primary N) is 1. The van der Waals surface area contributed by atoms with Gasteiger partial charge in [0.05, 0.1) is 0 Å². The minimum Gasteiger partial charge on any atom is -0.326 e. The van der Waals surface area contributed by atoms with Crippen LogP contribution in [0.4, 0.5) is 4.39 Å². The van der Waals surface area contributed by atoms with Crippen LogP contribution in [0, 0.1) is 5.82 Å². The molecule has 0 spiro atoms. The van der Waals surface area contributed by atoms with Crippen LogP contribution in [-0.2, 0) is 19.4 Å². The molecule has 2 aromatic carbocycles. The molecule has 0 bridgehead atoms. The Morgan fingerprint density at radius 2 is 1.83 bits per heavy atom. The van der Waals surface area contributed by atoms with Gasteiger partial charge in [0.15, 0.2) is 0 Å². The average Bonchev–Trinajstić information content (AvgIpc) is 2.85. The molecule has 0 saturated carbocycles. The van der Waals surface area contributed by atoms with Gasteiger partial charge >= 0.3 is 0 Å². The van der Waals surface area contributed by atoms with Crippen molar-refractivity contribution in [3.63, 3.8) is 0 Å². The van der Waals surface area contributed by atoms with Crippen molar-refractivity contribution >= 4 is 0 Å². The van der Waals surface area contributed by atoms with Crippen molar-refractivity contribution < 1.29 is 4.39 Å². The molecule has 18 heavy (non-hydrogen) atoms. The Labute approximate surface area is 106 Å². The molecule has 92 valence electrons. The van der Waals surface area contributed by atoms with E-state index in [1.807, 2.05) is 18.2 Å². The first-order valence-corrected chi connectivity index (χ1v) is 6.38. The number of hydrogen-bond acceptors (Lipinski definition) is 1. The van der Waals surface area contributed by atoms with Crippen LogP contribution < -0.4 is 5.73 Å². The topological polar surface area (TPSA) is 26.0 Å². The molecule has 2 N–H and O–H groups in total. The van der Waals surface area contributed by atoms with Gasteiger partial charge in [-0.05, 0) is 47.6 Å². The SMILES string of the molecule is NCc1ccc(-c2ccc3c(c2)CCC3)c(F)c1. The van der Waals surface area contributed by atoms with Crippen LogP contribution in [0.15, 0.2) is 36.4 Å². The lowest BCUT2D eigenvalue weighted by atomic mass is 9.99. The lowest BCUT2D eigenvalue weighted by molar-refractivity contribution is 0.629. The minimum absolute atomic E-state index is 0.184. The van der Waals surface area contributed by atoms with Gasteiger partial charge in [-0.1, -0.05) is 30.3 Å². The fraction of sp³-hybridized carbons (Fsp3) is 0.250. The molecule has 1 aliphatic rings. The van der Waals surface area contributed by atoms with E-state index in [-0.39, 0.29) is 5.82 Å². The fourth-order valence-electron chi connectivity index (χ4n) is 2.66. The molecular weight excluding hydrogens is 225 g/mol. The Morgan fingerprint density at radius 1 is 1.00 bits per heavy atom. The second-order valence-electron chi connectivity index (χ2n) is 4.86. The van der Waals surface area contributed by atoms with Crippen molar-refractivity contribution in [2.45, 2.75) is 25.8 Å². The van der Waals surface area contributed by atoms with Gasteiger partial charge in [-0.2, -0.15) is 0 Å². The average molecular weight is 241 g/mol. The van der Waals surface area contributed by atoms with Crippen LogP contribution in [0.3, 0.4) is 0 Å². The zero-order valence-corrected chi connectivity index (χ0v) is 10.2. The number of hydrogen-bond donors (Lipinski definition) is 1. The van der Waals surface area contributed by atoms with Crippen molar-refractivity contribution in [3.8, 4) is 11.1 Å². The van der Waals surface area contributed by atoms with E-state index in [0.717, 1.165) is 24.0 Å². The van der Waals surface area contributed by atoms with E-state index in [2.05, 4.69) is 12.1 Å². The third-order valence-corrected chi connectivity index (χ3v) is 3.68. The molecule has 0 amide bonds. The maximum atomic E-state index is 14.0. The summed E-state index contributed by atoms with van der Waals surface area (Å²) >= 11 is 0. The molecule has 1 aliphatic carbocycles. The van der Waals surface area contributed by atoms with Crippen molar-refractivity contribution in [2.75, 3.05) is 0 Å². The standard InChI is InChI=1S/C16H16FN/c17-16-8-11(10-18)4-7-15(16)14-6-5-12-2-1-3-13(12)9-14/h4-9H,1-3,10,18H2. The van der Waals surface area contributed by atoms with Gasteiger partial charge in [-0.3, -0.25) is 0 Å². The Bertz CT molecular complexity index is 590. The first-order valence-electron chi connectivity index (χ1n) is 6.38. The van der Waals surface area contributed by atoms with Crippen LogP contribution in [-0.4, -0.2) is 0 Å². The van der Waals surface area contributed by atoms with Crippen molar-refractivity contribution in [1.82, 2.24) is 0 Å². The third-order valence-electron chi connectivity index (χ3n) is 3.68. The predicted molar refractivity (Wildman–Crippen MR) is 71.8 cm³/mol. The summed E-state index contributed by atoms with van der Waals surface area (Å²) in [5.41, 5.74) is 10.8. The molecule has 0 fully saturated rings. The molecule has 0 unspecified atom stereocenters. The molecule has 0 heterocycles. The number of halogens is 1. The van der Waals surface area contributed by atoms with Crippen LogP contribution in [0.25, 0.3) is 11.1 Å². The van der Waals surface area contributed by atoms with E-state index in [4.69, 9.17) is 5.73 Å². The molecular formula is C16H16FN. The van der Waals surface area contributed by atoms with Crippen molar-refractivity contribution in [1.29, 1.82) is 0 Å². The quantitative estimate of drug-likeness (QED) is 0.856. The molecule has 2 heteroatoms. The van der Waals surface area contributed by atoms with Crippen LogP contribution in [0.1, 0.15) is 23.1 Å². The van der Waals surface area contributed by atoms with E-state index in [1.54, 1.807) is 0 Å². The lowest BCUT2D eigenvalue weighted by Gasteiger charge is -2.08. The van der Waals surface area contributed by atoms with Crippen molar-refractivity contribution in [2.24, 2.45) is 5.73 Å². The molecule has 0 aromatic heterocycles. The molecule has 0 saturated heterocycles. The maximum Gasteiger partial charge on any atom is 0.131 e. The highest BCUT2D eigenvalue weighted by Crippen LogP contribution is 2.29. The second kappa shape index (κ2) is 4.54. The summed E-state index contributed by atoms with van der Waals surface area (Å²) in [6.45, 7) is 0.376. The van der Waals surface area contributed by atoms with Crippen LogP contribution in [0.2, 0.25) is 0 Å². The molecule has 1 nitrogen and oxygen atoms in total. The number of aryl methyl sites for hydroxylation is 2. The monoisotopic (exact) mass is 241 g/mol. The Balaban J connectivity index is 2.04. The van der Waals surface area contributed by atoms with Gasteiger partial charge in [-0.15, -0.1) is 0 Å². The second-order valence-corrected chi connectivity index (χ2v) is 4.86. The van der Waals surface area contributed by atoms with Gasteiger partial charge in [-0.25, -0.2) is 4.39 Å². The first-order chi connectivity index (χ1) is 8.78. The van der Waals surface area contributed by atoms with Crippen LogP contribution >= 0.6 is 0 Å². The molecule has 0 atom stereocenters. The zero-order valence-electron chi connectivity index (χ0n) is 10.2. The van der Waals surface area contributed by atoms with Gasteiger partial charge < -0.3 is 5.73 Å². The molecule has 0 radical (unpaired) electrons. The summed E-state index contributed by atoms with van der Waals surface area (Å²) in [6.07, 6.45) is 3.49. The highest BCUT2D eigenvalue weighted by molar-refractivity contribution is 5.66. The largest absolute Gasteiger partial charge is 0.326 e. The normalized spacial score (nSPS) is 13.7. The van der Waals surface area contributed by atoms with E-state index in [9.17, 15) is 4.39 Å². The van der Waals surface area contributed by atoms with E-state index >= 15 is 0 Å². The highest BCUT2D eigenvalue weighted by Gasteiger charge is 2.13. The van der Waals surface area contributed by atoms with Gasteiger partial charge in [0, 0.05) is 12.1 Å². The Hall–Kier alpha value is -1.67. The highest BCUT2D eigenvalue weighted by atomic mass is 19.1. The third kappa shape index (κ3) is 1.93. The Morgan fingerprint density at radius 3 is 2.61 bits per heavy atom. The summed E-state index contributed by atoms with van der Waals surface area (Å²) in [4.78, 5) is 0. The van der Waals surface area contributed by atoms with Crippen LogP contribution in [0.5, 0.6) is 0 Å². The van der Waals surface area contributed by atoms with E-state index < -0.39 is 0 Å². The van der Waals surface area contributed by atoms with E-state index in [0.29, 0.717) is 12.1 Å². The number of rotatable bonds is 2. The van der Waals surface area contributed by atoms with Gasteiger partial charge in [0.2, 0.25) is 0 Å².